The van der Waals surface area contributed by atoms with Crippen LogP contribution in [0, 0.1) is 35.5 Å². The Hall–Kier alpha value is -1.35. The highest BCUT2D eigenvalue weighted by Crippen LogP contribution is 2.48. The average molecular weight is 290 g/mol. The van der Waals surface area contributed by atoms with Crippen LogP contribution in [0.15, 0.2) is 36.5 Å². The van der Waals surface area contributed by atoms with Gasteiger partial charge in [0.15, 0.2) is 0 Å². The quantitative estimate of drug-likeness (QED) is 0.474. The van der Waals surface area contributed by atoms with E-state index in [1.165, 1.54) is 6.08 Å². The molecule has 3 heteroatoms. The Kier molecular flexibility index (Phi) is 5.40. The van der Waals surface area contributed by atoms with Crippen LogP contribution in [0.4, 0.5) is 0 Å². The second-order valence-electron chi connectivity index (χ2n) is 6.64. The lowest BCUT2D eigenvalue weighted by Gasteiger charge is -2.46. The summed E-state index contributed by atoms with van der Waals surface area (Å²) in [6, 6.07) is 0. The van der Waals surface area contributed by atoms with E-state index in [9.17, 15) is 9.90 Å². The molecule has 1 saturated carbocycles. The lowest BCUT2D eigenvalue weighted by atomic mass is 9.59. The Labute approximate surface area is 127 Å². The van der Waals surface area contributed by atoms with Gasteiger partial charge < -0.3 is 10.2 Å². The molecule has 21 heavy (non-hydrogen) atoms. The van der Waals surface area contributed by atoms with Crippen LogP contribution < -0.4 is 0 Å². The molecule has 0 aromatic carbocycles. The van der Waals surface area contributed by atoms with Crippen molar-refractivity contribution in [3.8, 4) is 0 Å². The van der Waals surface area contributed by atoms with Crippen molar-refractivity contribution < 1.29 is 15.0 Å². The minimum Gasteiger partial charge on any atom is -0.478 e. The third-order valence-electron chi connectivity index (χ3n) is 5.12. The summed E-state index contributed by atoms with van der Waals surface area (Å²) >= 11 is 0. The summed E-state index contributed by atoms with van der Waals surface area (Å²) in [5, 5.41) is 18.1. The van der Waals surface area contributed by atoms with E-state index in [4.69, 9.17) is 5.11 Å². The fourth-order valence-electron chi connectivity index (χ4n) is 4.19. The molecule has 0 aliphatic heterocycles. The first kappa shape index (κ1) is 16.0. The SMILES string of the molecule is C[C@@H]1C[C@H](CO)C[C@@H]2C=C[C@H](C)[C@H](/C=C/C=C/C(=O)O)[C@@H]12. The summed E-state index contributed by atoms with van der Waals surface area (Å²) in [5.41, 5.74) is 0. The largest absolute Gasteiger partial charge is 0.478 e. The van der Waals surface area contributed by atoms with Crippen LogP contribution in [-0.4, -0.2) is 22.8 Å². The number of carbonyl (C=O) groups is 1. The van der Waals surface area contributed by atoms with Gasteiger partial charge in [-0.2, -0.15) is 0 Å². The summed E-state index contributed by atoms with van der Waals surface area (Å²) in [6.07, 6.45) is 13.6. The van der Waals surface area contributed by atoms with Crippen molar-refractivity contribution in [1.82, 2.24) is 0 Å². The molecule has 0 unspecified atom stereocenters. The van der Waals surface area contributed by atoms with Gasteiger partial charge in [0.05, 0.1) is 0 Å². The molecule has 116 valence electrons. The number of aliphatic carboxylic acids is 1. The van der Waals surface area contributed by atoms with Gasteiger partial charge in [-0.1, -0.05) is 44.2 Å². The van der Waals surface area contributed by atoms with E-state index in [0.29, 0.717) is 42.1 Å². The van der Waals surface area contributed by atoms with Crippen LogP contribution in [0.1, 0.15) is 26.7 Å². The monoisotopic (exact) mass is 290 g/mol. The average Bonchev–Trinajstić information content (AvgIpc) is 2.45. The van der Waals surface area contributed by atoms with E-state index in [0.717, 1.165) is 12.8 Å². The lowest BCUT2D eigenvalue weighted by Crippen LogP contribution is -2.40. The second kappa shape index (κ2) is 7.08. The molecule has 1 fully saturated rings. The molecule has 0 aromatic rings. The first-order chi connectivity index (χ1) is 10.0. The maximum absolute atomic E-state index is 10.5. The van der Waals surface area contributed by atoms with E-state index in [1.54, 1.807) is 6.08 Å². The minimum atomic E-state index is -0.911. The Bertz CT molecular complexity index is 449. The van der Waals surface area contributed by atoms with Crippen LogP contribution in [-0.2, 0) is 4.79 Å². The van der Waals surface area contributed by atoms with Crippen LogP contribution >= 0.6 is 0 Å². The van der Waals surface area contributed by atoms with Crippen molar-refractivity contribution in [2.24, 2.45) is 35.5 Å². The standard InChI is InChI=1S/C18H26O3/c1-12-7-8-15-10-14(11-19)9-13(2)18(15)16(12)5-3-4-6-17(20)21/h3-8,12-16,18-19H,9-11H2,1-2H3,(H,20,21)/b5-3+,6-4+/t12-,13+,14-,15-,16-,18-/m0/s1. The summed E-state index contributed by atoms with van der Waals surface area (Å²) in [4.78, 5) is 10.5. The number of hydrogen-bond acceptors (Lipinski definition) is 2. The van der Waals surface area contributed by atoms with Crippen molar-refractivity contribution in [2.75, 3.05) is 6.61 Å². The maximum atomic E-state index is 10.5. The Morgan fingerprint density at radius 3 is 2.67 bits per heavy atom. The molecular formula is C18H26O3. The number of allylic oxidation sites excluding steroid dienone is 5. The number of aliphatic hydroxyl groups is 1. The van der Waals surface area contributed by atoms with Gasteiger partial charge in [-0.15, -0.1) is 0 Å². The topological polar surface area (TPSA) is 57.5 Å². The van der Waals surface area contributed by atoms with Crippen LogP contribution in [0.25, 0.3) is 0 Å². The summed E-state index contributed by atoms with van der Waals surface area (Å²) in [7, 11) is 0. The van der Waals surface area contributed by atoms with Gasteiger partial charge in [-0.05, 0) is 48.3 Å². The number of aliphatic hydroxyl groups excluding tert-OH is 1. The second-order valence-corrected chi connectivity index (χ2v) is 6.64. The molecule has 0 heterocycles. The van der Waals surface area contributed by atoms with Gasteiger partial charge in [0.25, 0.3) is 0 Å². The van der Waals surface area contributed by atoms with Crippen LogP contribution in [0.5, 0.6) is 0 Å². The number of fused-ring (bicyclic) bond motifs is 1. The fraction of sp³-hybridized carbons (Fsp3) is 0.611. The third kappa shape index (κ3) is 3.85. The van der Waals surface area contributed by atoms with E-state index < -0.39 is 5.97 Å². The molecule has 6 atom stereocenters. The van der Waals surface area contributed by atoms with Crippen LogP contribution in [0.3, 0.4) is 0 Å². The van der Waals surface area contributed by atoms with Crippen molar-refractivity contribution >= 4 is 5.97 Å². The summed E-state index contributed by atoms with van der Waals surface area (Å²) < 4.78 is 0. The van der Waals surface area contributed by atoms with Crippen molar-refractivity contribution in [1.29, 1.82) is 0 Å². The minimum absolute atomic E-state index is 0.290. The number of hydrogen-bond donors (Lipinski definition) is 2. The highest BCUT2D eigenvalue weighted by atomic mass is 16.4. The predicted molar refractivity (Wildman–Crippen MR) is 83.7 cm³/mol. The highest BCUT2D eigenvalue weighted by molar-refractivity contribution is 5.80. The fourth-order valence-corrected chi connectivity index (χ4v) is 4.19. The molecule has 3 nitrogen and oxygen atoms in total. The molecule has 2 N–H and O–H groups in total. The van der Waals surface area contributed by atoms with Gasteiger partial charge in [-0.3, -0.25) is 0 Å². The molecule has 2 rings (SSSR count). The normalized spacial score (nSPS) is 39.8. The van der Waals surface area contributed by atoms with E-state index in [-0.39, 0.29) is 0 Å². The first-order valence-electron chi connectivity index (χ1n) is 7.90. The number of carboxylic acids is 1. The molecule has 2 aliphatic rings. The van der Waals surface area contributed by atoms with Crippen molar-refractivity contribution in [3.05, 3.63) is 36.5 Å². The van der Waals surface area contributed by atoms with E-state index in [1.807, 2.05) is 6.08 Å². The Morgan fingerprint density at radius 1 is 1.24 bits per heavy atom. The Morgan fingerprint density at radius 2 is 2.00 bits per heavy atom. The number of rotatable bonds is 4. The van der Waals surface area contributed by atoms with E-state index in [2.05, 4.69) is 32.1 Å². The maximum Gasteiger partial charge on any atom is 0.328 e. The zero-order valence-corrected chi connectivity index (χ0v) is 12.9. The molecule has 0 bridgehead atoms. The smallest absolute Gasteiger partial charge is 0.328 e. The molecule has 2 aliphatic carbocycles. The van der Waals surface area contributed by atoms with Crippen molar-refractivity contribution in [2.45, 2.75) is 26.7 Å². The highest BCUT2D eigenvalue weighted by Gasteiger charge is 2.41. The summed E-state index contributed by atoms with van der Waals surface area (Å²) in [5.74, 6) is 2.18. The molecule has 0 aromatic heterocycles. The molecular weight excluding hydrogens is 264 g/mol. The zero-order valence-electron chi connectivity index (χ0n) is 12.9. The van der Waals surface area contributed by atoms with Gasteiger partial charge >= 0.3 is 5.97 Å². The third-order valence-corrected chi connectivity index (χ3v) is 5.12. The molecule has 0 amide bonds. The summed E-state index contributed by atoms with van der Waals surface area (Å²) in [6.45, 7) is 4.81. The van der Waals surface area contributed by atoms with Gasteiger partial charge in [0, 0.05) is 12.7 Å². The van der Waals surface area contributed by atoms with Gasteiger partial charge in [0.1, 0.15) is 0 Å². The predicted octanol–water partition coefficient (Wildman–Crippen LogP) is 3.28. The van der Waals surface area contributed by atoms with Gasteiger partial charge in [-0.25, -0.2) is 4.79 Å². The van der Waals surface area contributed by atoms with E-state index >= 15 is 0 Å². The molecule has 0 radical (unpaired) electrons. The zero-order chi connectivity index (χ0) is 15.4. The Balaban J connectivity index is 2.13. The van der Waals surface area contributed by atoms with Crippen molar-refractivity contribution in [3.63, 3.8) is 0 Å². The first-order valence-corrected chi connectivity index (χ1v) is 7.90. The lowest BCUT2D eigenvalue weighted by molar-refractivity contribution is -0.131. The number of carboxylic acid groups (broad SMARTS) is 1. The van der Waals surface area contributed by atoms with Crippen LogP contribution in [0.2, 0.25) is 0 Å². The molecule has 0 spiro atoms. The molecule has 0 saturated heterocycles. The van der Waals surface area contributed by atoms with Gasteiger partial charge in [0.2, 0.25) is 0 Å².